The summed E-state index contributed by atoms with van der Waals surface area (Å²) in [6.07, 6.45) is 7.55. The van der Waals surface area contributed by atoms with E-state index < -0.39 is 0 Å². The Hall–Kier alpha value is -1.16. The van der Waals surface area contributed by atoms with Crippen molar-refractivity contribution in [3.8, 4) is 0 Å². The molecule has 1 radical (unpaired) electrons. The fraction of sp³-hybridized carbons (Fsp3) is 0.444. The van der Waals surface area contributed by atoms with Gasteiger partial charge >= 0.3 is 0 Å². The van der Waals surface area contributed by atoms with Gasteiger partial charge in [0.05, 0.1) is 0 Å². The first-order valence-electron chi connectivity index (χ1n) is 4.41. The van der Waals surface area contributed by atoms with Crippen molar-refractivity contribution in [3.05, 3.63) is 24.6 Å². The number of hydrogen-bond acceptors (Lipinski definition) is 3. The van der Waals surface area contributed by atoms with E-state index in [4.69, 9.17) is 5.73 Å². The molecule has 1 heterocycles. The number of carbonyl (C=O) groups excluding carboxylic acids is 1. The van der Waals surface area contributed by atoms with E-state index in [-0.39, 0.29) is 5.78 Å². The van der Waals surface area contributed by atoms with Gasteiger partial charge in [-0.05, 0) is 19.4 Å². The molecule has 1 rings (SSSR count). The molecule has 0 saturated carbocycles. The quantitative estimate of drug-likeness (QED) is 0.505. The molecule has 1 aromatic rings. The Morgan fingerprint density at radius 3 is 3.08 bits per heavy atom. The first-order chi connectivity index (χ1) is 6.34. The minimum atomic E-state index is -0.0398. The Balaban J connectivity index is 2.19. The maximum Gasteiger partial charge on any atom is 0.201 e. The third-order valence-electron chi connectivity index (χ3n) is 1.72. The lowest BCUT2D eigenvalue weighted by atomic mass is 10.1. The summed E-state index contributed by atoms with van der Waals surface area (Å²) in [6.45, 7) is 0.683. The number of ketones is 1. The first kappa shape index (κ1) is 9.92. The number of H-pyrrole nitrogens is 1. The minimum Gasteiger partial charge on any atom is -0.342 e. The lowest BCUT2D eigenvalue weighted by Crippen LogP contribution is -2.03. The zero-order chi connectivity index (χ0) is 9.52. The van der Waals surface area contributed by atoms with Gasteiger partial charge in [-0.2, -0.15) is 0 Å². The van der Waals surface area contributed by atoms with Crippen molar-refractivity contribution in [2.24, 2.45) is 5.73 Å². The molecule has 0 atom stereocenters. The van der Waals surface area contributed by atoms with Crippen LogP contribution in [0.15, 0.2) is 12.4 Å². The normalized spacial score (nSPS) is 10.2. The summed E-state index contributed by atoms with van der Waals surface area (Å²) in [7, 11) is 0. The number of imidazole rings is 1. The molecular formula is C9H14N3O. The van der Waals surface area contributed by atoms with Gasteiger partial charge in [0.2, 0.25) is 5.78 Å². The number of rotatable bonds is 6. The van der Waals surface area contributed by atoms with Crippen molar-refractivity contribution in [2.45, 2.75) is 19.3 Å². The molecule has 0 spiro atoms. The molecule has 0 aromatic carbocycles. The van der Waals surface area contributed by atoms with Crippen molar-refractivity contribution >= 4 is 5.78 Å². The highest BCUT2D eigenvalue weighted by molar-refractivity contribution is 5.99. The van der Waals surface area contributed by atoms with Crippen LogP contribution in [0.2, 0.25) is 0 Å². The summed E-state index contributed by atoms with van der Waals surface area (Å²) in [5.41, 5.74) is 5.32. The third kappa shape index (κ3) is 3.38. The second-order valence-corrected chi connectivity index (χ2v) is 2.79. The van der Waals surface area contributed by atoms with Crippen molar-refractivity contribution < 1.29 is 4.79 Å². The predicted octanol–water partition coefficient (Wildman–Crippen LogP) is 0.926. The summed E-state index contributed by atoms with van der Waals surface area (Å²) < 4.78 is 0. The lowest BCUT2D eigenvalue weighted by Gasteiger charge is -1.96. The van der Waals surface area contributed by atoms with Crippen molar-refractivity contribution in [2.75, 3.05) is 6.54 Å². The highest BCUT2D eigenvalue weighted by Crippen LogP contribution is 2.02. The van der Waals surface area contributed by atoms with Crippen LogP contribution in [0.5, 0.6) is 0 Å². The van der Waals surface area contributed by atoms with Gasteiger partial charge in [-0.15, -0.1) is 0 Å². The Bertz CT molecular complexity index is 243. The zero-order valence-corrected chi connectivity index (χ0v) is 7.49. The largest absolute Gasteiger partial charge is 0.342 e. The second-order valence-electron chi connectivity index (χ2n) is 2.79. The molecule has 13 heavy (non-hydrogen) atoms. The van der Waals surface area contributed by atoms with E-state index in [1.54, 1.807) is 18.8 Å². The molecule has 71 valence electrons. The average molecular weight is 180 g/mol. The molecule has 0 aliphatic heterocycles. The molecule has 0 fully saturated rings. The monoisotopic (exact) mass is 180 g/mol. The number of nitrogens with two attached hydrogens (primary N) is 1. The standard InChI is InChI=1S/C9H14N3O/c10-5-3-1-2-4-8(13)9-11-6-7-12-9/h4,6-7H,1-3,5,10H2,(H,11,12). The van der Waals surface area contributed by atoms with Crippen LogP contribution in [-0.4, -0.2) is 22.3 Å². The second kappa shape index (κ2) is 5.48. The van der Waals surface area contributed by atoms with E-state index >= 15 is 0 Å². The van der Waals surface area contributed by atoms with Crippen LogP contribution in [-0.2, 0) is 0 Å². The van der Waals surface area contributed by atoms with Gasteiger partial charge in [-0.25, -0.2) is 4.98 Å². The predicted molar refractivity (Wildman–Crippen MR) is 50.1 cm³/mol. The number of carbonyl (C=O) groups is 1. The molecule has 0 bridgehead atoms. The van der Waals surface area contributed by atoms with E-state index in [2.05, 4.69) is 9.97 Å². The lowest BCUT2D eigenvalue weighted by molar-refractivity contribution is 0.101. The van der Waals surface area contributed by atoms with Gasteiger partial charge in [-0.1, -0.05) is 6.42 Å². The SMILES string of the molecule is NCCCC[CH]C(=O)c1ncc[nH]1. The molecule has 0 unspecified atom stereocenters. The highest BCUT2D eigenvalue weighted by Gasteiger charge is 2.06. The molecule has 1 aromatic heterocycles. The summed E-state index contributed by atoms with van der Waals surface area (Å²) >= 11 is 0. The Kier molecular flexibility index (Phi) is 4.18. The number of nitrogens with one attached hydrogen (secondary N) is 1. The molecule has 4 nitrogen and oxygen atoms in total. The number of aromatic amines is 1. The molecule has 0 saturated heterocycles. The van der Waals surface area contributed by atoms with E-state index in [0.29, 0.717) is 12.4 Å². The fourth-order valence-electron chi connectivity index (χ4n) is 1.02. The molecule has 0 amide bonds. The Morgan fingerprint density at radius 1 is 1.62 bits per heavy atom. The molecule has 4 heteroatoms. The number of aromatic nitrogens is 2. The smallest absolute Gasteiger partial charge is 0.201 e. The third-order valence-corrected chi connectivity index (χ3v) is 1.72. The topological polar surface area (TPSA) is 71.8 Å². The number of hydrogen-bond donors (Lipinski definition) is 2. The molecular weight excluding hydrogens is 166 g/mol. The fourth-order valence-corrected chi connectivity index (χ4v) is 1.02. The number of unbranched alkanes of at least 4 members (excludes halogenated alkanes) is 2. The summed E-state index contributed by atoms with van der Waals surface area (Å²) in [6, 6.07) is 0. The van der Waals surface area contributed by atoms with Crippen LogP contribution < -0.4 is 5.73 Å². The van der Waals surface area contributed by atoms with Crippen molar-refractivity contribution in [1.29, 1.82) is 0 Å². The van der Waals surface area contributed by atoms with E-state index in [9.17, 15) is 4.79 Å². The van der Waals surface area contributed by atoms with Gasteiger partial charge in [0.15, 0.2) is 5.82 Å². The zero-order valence-electron chi connectivity index (χ0n) is 7.49. The van der Waals surface area contributed by atoms with Crippen LogP contribution in [0.25, 0.3) is 0 Å². The van der Waals surface area contributed by atoms with Crippen LogP contribution in [0, 0.1) is 6.42 Å². The highest BCUT2D eigenvalue weighted by atomic mass is 16.1. The van der Waals surface area contributed by atoms with Crippen LogP contribution in [0.1, 0.15) is 29.9 Å². The van der Waals surface area contributed by atoms with Gasteiger partial charge < -0.3 is 10.7 Å². The van der Waals surface area contributed by atoms with Crippen LogP contribution in [0.4, 0.5) is 0 Å². The summed E-state index contributed by atoms with van der Waals surface area (Å²) in [5.74, 6) is 0.370. The van der Waals surface area contributed by atoms with Gasteiger partial charge in [0.25, 0.3) is 0 Å². The molecule has 0 aliphatic rings. The van der Waals surface area contributed by atoms with Gasteiger partial charge in [0.1, 0.15) is 0 Å². The maximum atomic E-state index is 11.3. The number of nitrogens with zero attached hydrogens (tertiary/aromatic N) is 1. The summed E-state index contributed by atoms with van der Waals surface area (Å²) in [5, 5.41) is 0. The van der Waals surface area contributed by atoms with E-state index in [1.807, 2.05) is 0 Å². The Labute approximate surface area is 77.6 Å². The number of Topliss-reactive ketones (excluding diaryl/α,β-unsaturated/α-hetero) is 1. The first-order valence-corrected chi connectivity index (χ1v) is 4.41. The Morgan fingerprint density at radius 2 is 2.46 bits per heavy atom. The van der Waals surface area contributed by atoms with Crippen LogP contribution in [0.3, 0.4) is 0 Å². The minimum absolute atomic E-state index is 0.0398. The summed E-state index contributed by atoms with van der Waals surface area (Å²) in [4.78, 5) is 17.9. The van der Waals surface area contributed by atoms with Crippen molar-refractivity contribution in [3.63, 3.8) is 0 Å². The van der Waals surface area contributed by atoms with Gasteiger partial charge in [-0.3, -0.25) is 4.79 Å². The van der Waals surface area contributed by atoms with Crippen molar-refractivity contribution in [1.82, 2.24) is 9.97 Å². The van der Waals surface area contributed by atoms with Gasteiger partial charge in [0, 0.05) is 18.8 Å². The molecule has 0 aliphatic carbocycles. The van der Waals surface area contributed by atoms with E-state index in [1.165, 1.54) is 0 Å². The average Bonchev–Trinajstić information content (AvgIpc) is 2.65. The van der Waals surface area contributed by atoms with E-state index in [0.717, 1.165) is 19.3 Å². The van der Waals surface area contributed by atoms with Crippen LogP contribution >= 0.6 is 0 Å². The molecule has 3 N–H and O–H groups in total. The maximum absolute atomic E-state index is 11.3.